The van der Waals surface area contributed by atoms with Crippen LogP contribution in [0.2, 0.25) is 0 Å². The number of halogens is 1. The molecular formula is C19H23FN2S. The first-order chi connectivity index (χ1) is 11.0. The minimum atomic E-state index is -0.275. The van der Waals surface area contributed by atoms with E-state index in [1.54, 1.807) is 12.1 Å². The van der Waals surface area contributed by atoms with Crippen LogP contribution < -0.4 is 10.6 Å². The van der Waals surface area contributed by atoms with Gasteiger partial charge in [0.1, 0.15) is 5.82 Å². The summed E-state index contributed by atoms with van der Waals surface area (Å²) in [7, 11) is 0. The second-order valence-electron chi connectivity index (χ2n) is 5.89. The lowest BCUT2D eigenvalue weighted by Crippen LogP contribution is -2.29. The number of hydrogen-bond acceptors (Lipinski definition) is 1. The zero-order valence-corrected chi connectivity index (χ0v) is 14.4. The molecule has 122 valence electrons. The van der Waals surface area contributed by atoms with Gasteiger partial charge in [-0.2, -0.15) is 0 Å². The van der Waals surface area contributed by atoms with E-state index in [9.17, 15) is 4.39 Å². The Morgan fingerprint density at radius 3 is 2.52 bits per heavy atom. The minimum Gasteiger partial charge on any atom is -0.362 e. The van der Waals surface area contributed by atoms with Crippen LogP contribution in [0.3, 0.4) is 0 Å². The van der Waals surface area contributed by atoms with Crippen molar-refractivity contribution in [2.24, 2.45) is 0 Å². The van der Waals surface area contributed by atoms with Gasteiger partial charge >= 0.3 is 0 Å². The Balaban J connectivity index is 1.69. The van der Waals surface area contributed by atoms with Gasteiger partial charge in [0, 0.05) is 12.2 Å². The highest BCUT2D eigenvalue weighted by Gasteiger charge is 2.01. The SMILES string of the molecule is CC(C)c1ccc(CCCNC(=S)Nc2cccc(F)c2)cc1. The van der Waals surface area contributed by atoms with Gasteiger partial charge in [-0.05, 0) is 60.3 Å². The van der Waals surface area contributed by atoms with Gasteiger partial charge in [-0.15, -0.1) is 0 Å². The molecule has 0 unspecified atom stereocenters. The zero-order chi connectivity index (χ0) is 16.7. The van der Waals surface area contributed by atoms with Gasteiger partial charge in [-0.1, -0.05) is 44.2 Å². The first-order valence-electron chi connectivity index (χ1n) is 7.94. The molecule has 4 heteroatoms. The number of benzene rings is 2. The molecule has 0 saturated carbocycles. The van der Waals surface area contributed by atoms with Crippen molar-refractivity contribution in [3.05, 3.63) is 65.5 Å². The van der Waals surface area contributed by atoms with Crippen LogP contribution >= 0.6 is 12.2 Å². The van der Waals surface area contributed by atoms with Crippen molar-refractivity contribution in [2.75, 3.05) is 11.9 Å². The lowest BCUT2D eigenvalue weighted by atomic mass is 10.0. The Kier molecular flexibility index (Phi) is 6.53. The Hall–Kier alpha value is -1.94. The third-order valence-electron chi connectivity index (χ3n) is 3.66. The summed E-state index contributed by atoms with van der Waals surface area (Å²) in [5.41, 5.74) is 3.36. The maximum Gasteiger partial charge on any atom is 0.170 e. The molecule has 2 aromatic carbocycles. The monoisotopic (exact) mass is 330 g/mol. The number of hydrogen-bond donors (Lipinski definition) is 2. The summed E-state index contributed by atoms with van der Waals surface area (Å²) < 4.78 is 13.1. The van der Waals surface area contributed by atoms with Crippen LogP contribution in [0.1, 0.15) is 37.3 Å². The topological polar surface area (TPSA) is 24.1 Å². The van der Waals surface area contributed by atoms with Crippen molar-refractivity contribution in [1.82, 2.24) is 5.32 Å². The van der Waals surface area contributed by atoms with Crippen LogP contribution in [-0.2, 0) is 6.42 Å². The van der Waals surface area contributed by atoms with E-state index in [1.165, 1.54) is 23.3 Å². The maximum absolute atomic E-state index is 13.1. The van der Waals surface area contributed by atoms with E-state index < -0.39 is 0 Å². The molecule has 0 aromatic heterocycles. The average molecular weight is 330 g/mol. The summed E-state index contributed by atoms with van der Waals surface area (Å²) in [5.74, 6) is 0.291. The quantitative estimate of drug-likeness (QED) is 0.584. The molecule has 0 bridgehead atoms. The fraction of sp³-hybridized carbons (Fsp3) is 0.316. The normalized spacial score (nSPS) is 10.6. The maximum atomic E-state index is 13.1. The third-order valence-corrected chi connectivity index (χ3v) is 3.90. The molecule has 0 radical (unpaired) electrons. The molecule has 0 aliphatic carbocycles. The Morgan fingerprint density at radius 2 is 1.87 bits per heavy atom. The van der Waals surface area contributed by atoms with E-state index in [0.717, 1.165) is 19.4 Å². The standard InChI is InChI=1S/C19H23FN2S/c1-14(2)16-10-8-15(9-11-16)5-4-12-21-19(23)22-18-7-3-6-17(20)13-18/h3,6-11,13-14H,4-5,12H2,1-2H3,(H2,21,22,23). The van der Waals surface area contributed by atoms with Crippen LogP contribution in [0.25, 0.3) is 0 Å². The van der Waals surface area contributed by atoms with Crippen molar-refractivity contribution >= 4 is 23.0 Å². The first-order valence-corrected chi connectivity index (χ1v) is 8.34. The molecule has 2 nitrogen and oxygen atoms in total. The predicted molar refractivity (Wildman–Crippen MR) is 99.5 cm³/mol. The van der Waals surface area contributed by atoms with Crippen LogP contribution in [-0.4, -0.2) is 11.7 Å². The predicted octanol–water partition coefficient (Wildman–Crippen LogP) is 4.87. The molecule has 2 N–H and O–H groups in total. The van der Waals surface area contributed by atoms with E-state index in [4.69, 9.17) is 12.2 Å². The molecule has 0 saturated heterocycles. The van der Waals surface area contributed by atoms with Gasteiger partial charge in [0.25, 0.3) is 0 Å². The van der Waals surface area contributed by atoms with E-state index in [-0.39, 0.29) is 5.82 Å². The van der Waals surface area contributed by atoms with Crippen LogP contribution in [0.15, 0.2) is 48.5 Å². The number of nitrogens with one attached hydrogen (secondary N) is 2. The van der Waals surface area contributed by atoms with Crippen molar-refractivity contribution in [1.29, 1.82) is 0 Å². The van der Waals surface area contributed by atoms with Crippen LogP contribution in [0.5, 0.6) is 0 Å². The highest BCUT2D eigenvalue weighted by molar-refractivity contribution is 7.80. The first kappa shape index (κ1) is 17.4. The molecule has 0 atom stereocenters. The molecule has 0 amide bonds. The number of thiocarbonyl (C=S) groups is 1. The van der Waals surface area contributed by atoms with Crippen molar-refractivity contribution in [3.63, 3.8) is 0 Å². The van der Waals surface area contributed by atoms with E-state index in [2.05, 4.69) is 48.7 Å². The van der Waals surface area contributed by atoms with Gasteiger partial charge in [0.15, 0.2) is 5.11 Å². The molecule has 2 rings (SSSR count). The lowest BCUT2D eigenvalue weighted by molar-refractivity contribution is 0.628. The zero-order valence-electron chi connectivity index (χ0n) is 13.6. The third kappa shape index (κ3) is 5.99. The van der Waals surface area contributed by atoms with Crippen molar-refractivity contribution in [3.8, 4) is 0 Å². The van der Waals surface area contributed by atoms with Gasteiger partial charge in [0.2, 0.25) is 0 Å². The van der Waals surface area contributed by atoms with Crippen LogP contribution in [0, 0.1) is 5.82 Å². The molecule has 0 fully saturated rings. The lowest BCUT2D eigenvalue weighted by Gasteiger charge is -2.11. The number of anilines is 1. The summed E-state index contributed by atoms with van der Waals surface area (Å²) in [4.78, 5) is 0. The van der Waals surface area contributed by atoms with E-state index >= 15 is 0 Å². The van der Waals surface area contributed by atoms with Gasteiger partial charge < -0.3 is 10.6 Å². The van der Waals surface area contributed by atoms with E-state index in [0.29, 0.717) is 16.7 Å². The fourth-order valence-electron chi connectivity index (χ4n) is 2.31. The van der Waals surface area contributed by atoms with Gasteiger partial charge in [-0.3, -0.25) is 0 Å². The Bertz CT molecular complexity index is 638. The summed E-state index contributed by atoms with van der Waals surface area (Å²) in [5, 5.41) is 6.65. The smallest absolute Gasteiger partial charge is 0.170 e. The second-order valence-corrected chi connectivity index (χ2v) is 6.30. The Labute approximate surface area is 143 Å². The molecule has 0 heterocycles. The van der Waals surface area contributed by atoms with Crippen LogP contribution in [0.4, 0.5) is 10.1 Å². The molecule has 2 aromatic rings. The summed E-state index contributed by atoms with van der Waals surface area (Å²) in [6.07, 6.45) is 2.00. The van der Waals surface area contributed by atoms with E-state index in [1.807, 2.05) is 0 Å². The summed E-state index contributed by atoms with van der Waals surface area (Å²) in [6, 6.07) is 15.1. The Morgan fingerprint density at radius 1 is 1.13 bits per heavy atom. The fourth-order valence-corrected chi connectivity index (χ4v) is 2.53. The molecule has 0 aliphatic heterocycles. The highest BCUT2D eigenvalue weighted by Crippen LogP contribution is 2.15. The second kappa shape index (κ2) is 8.63. The van der Waals surface area contributed by atoms with Gasteiger partial charge in [-0.25, -0.2) is 4.39 Å². The largest absolute Gasteiger partial charge is 0.362 e. The average Bonchev–Trinajstić information content (AvgIpc) is 2.52. The van der Waals surface area contributed by atoms with Crippen molar-refractivity contribution < 1.29 is 4.39 Å². The molecule has 0 aliphatic rings. The summed E-state index contributed by atoms with van der Waals surface area (Å²) in [6.45, 7) is 5.18. The van der Waals surface area contributed by atoms with Crippen molar-refractivity contribution in [2.45, 2.75) is 32.6 Å². The molecular weight excluding hydrogens is 307 g/mol. The molecule has 0 spiro atoms. The minimum absolute atomic E-state index is 0.275. The summed E-state index contributed by atoms with van der Waals surface area (Å²) >= 11 is 5.21. The molecule has 23 heavy (non-hydrogen) atoms. The van der Waals surface area contributed by atoms with Gasteiger partial charge in [0.05, 0.1) is 0 Å². The highest BCUT2D eigenvalue weighted by atomic mass is 32.1. The number of rotatable bonds is 6. The number of aryl methyl sites for hydroxylation is 1.